The summed E-state index contributed by atoms with van der Waals surface area (Å²) < 4.78 is 11.9. The summed E-state index contributed by atoms with van der Waals surface area (Å²) in [6.07, 6.45) is 0.875. The predicted molar refractivity (Wildman–Crippen MR) is 149 cm³/mol. The lowest BCUT2D eigenvalue weighted by Gasteiger charge is -2.23. The predicted octanol–water partition coefficient (Wildman–Crippen LogP) is 6.34. The molecule has 0 bridgehead atoms. The van der Waals surface area contributed by atoms with Crippen LogP contribution < -0.4 is 14.4 Å². The van der Waals surface area contributed by atoms with Crippen LogP contribution in [0.25, 0.3) is 16.0 Å². The Balaban J connectivity index is 1.67. The zero-order valence-corrected chi connectivity index (χ0v) is 22.5. The molecule has 0 spiro atoms. The number of anilines is 1. The average molecular weight is 529 g/mol. The number of benzene rings is 3. The van der Waals surface area contributed by atoms with Gasteiger partial charge in [-0.05, 0) is 79.4 Å². The van der Waals surface area contributed by atoms with Crippen LogP contribution in [0.1, 0.15) is 41.6 Å². The van der Waals surface area contributed by atoms with Crippen molar-refractivity contribution in [3.05, 3.63) is 88.5 Å². The van der Waals surface area contributed by atoms with Gasteiger partial charge in [0.15, 0.2) is 5.13 Å². The maximum Gasteiger partial charge on any atom is 0.301 e. The number of aromatic nitrogens is 1. The number of hydrogen-bond acceptors (Lipinski definition) is 7. The highest BCUT2D eigenvalue weighted by molar-refractivity contribution is 7.22. The molecule has 194 valence electrons. The highest BCUT2D eigenvalue weighted by Gasteiger charge is 2.48. The molecule has 0 radical (unpaired) electrons. The second-order valence-corrected chi connectivity index (χ2v) is 10.2. The van der Waals surface area contributed by atoms with Crippen LogP contribution in [0.15, 0.2) is 66.2 Å². The summed E-state index contributed by atoms with van der Waals surface area (Å²) in [5.74, 6) is -0.445. The first kappa shape index (κ1) is 25.5. The van der Waals surface area contributed by atoms with E-state index in [0.29, 0.717) is 34.4 Å². The number of aryl methyl sites for hydroxylation is 2. The molecule has 1 N–H and O–H groups in total. The largest absolute Gasteiger partial charge is 0.507 e. The highest BCUT2D eigenvalue weighted by Crippen LogP contribution is 2.45. The van der Waals surface area contributed by atoms with Gasteiger partial charge in [0.05, 0.1) is 35.5 Å². The van der Waals surface area contributed by atoms with Crippen molar-refractivity contribution in [2.24, 2.45) is 0 Å². The number of hydrogen-bond donors (Lipinski definition) is 1. The zero-order valence-electron chi connectivity index (χ0n) is 21.6. The van der Waals surface area contributed by atoms with Crippen molar-refractivity contribution in [3.8, 4) is 11.5 Å². The van der Waals surface area contributed by atoms with Crippen LogP contribution in [0.4, 0.5) is 5.13 Å². The van der Waals surface area contributed by atoms with Crippen LogP contribution in [0, 0.1) is 13.8 Å². The van der Waals surface area contributed by atoms with E-state index in [2.05, 4.69) is 0 Å². The lowest BCUT2D eigenvalue weighted by Crippen LogP contribution is -2.29. The fraction of sp³-hybridized carbons (Fsp3) is 0.233. The lowest BCUT2D eigenvalue weighted by atomic mass is 9.95. The van der Waals surface area contributed by atoms with E-state index in [9.17, 15) is 14.7 Å². The Morgan fingerprint density at radius 1 is 1.03 bits per heavy atom. The van der Waals surface area contributed by atoms with Gasteiger partial charge in [0.2, 0.25) is 0 Å². The maximum absolute atomic E-state index is 13.5. The number of aliphatic hydroxyl groups excluding tert-OH is 1. The number of nitrogens with zero attached hydrogens (tertiary/aromatic N) is 2. The van der Waals surface area contributed by atoms with Crippen LogP contribution in [-0.2, 0) is 9.59 Å². The molecule has 1 aliphatic rings. The number of ether oxygens (including phenoxy) is 2. The summed E-state index contributed by atoms with van der Waals surface area (Å²) in [7, 11) is 1.55. The summed E-state index contributed by atoms with van der Waals surface area (Å²) in [6, 6.07) is 17.2. The van der Waals surface area contributed by atoms with Crippen molar-refractivity contribution in [2.75, 3.05) is 18.6 Å². The monoisotopic (exact) mass is 528 g/mol. The number of aliphatic hydroxyl groups is 1. The molecule has 1 amide bonds. The number of thiazole rings is 1. The van der Waals surface area contributed by atoms with Gasteiger partial charge < -0.3 is 14.6 Å². The van der Waals surface area contributed by atoms with Gasteiger partial charge in [0.1, 0.15) is 17.3 Å². The Kier molecular flexibility index (Phi) is 6.91. The van der Waals surface area contributed by atoms with E-state index in [1.165, 1.54) is 16.2 Å². The van der Waals surface area contributed by atoms with Crippen molar-refractivity contribution in [1.82, 2.24) is 4.98 Å². The summed E-state index contributed by atoms with van der Waals surface area (Å²) in [4.78, 5) is 33.2. The Morgan fingerprint density at radius 3 is 2.37 bits per heavy atom. The minimum atomic E-state index is -0.862. The minimum absolute atomic E-state index is 0.00884. The normalized spacial score (nSPS) is 16.8. The molecule has 1 unspecified atom stereocenters. The van der Waals surface area contributed by atoms with Crippen LogP contribution in [0.3, 0.4) is 0 Å². The molecule has 0 saturated carbocycles. The Hall–Kier alpha value is -4.17. The molecule has 0 aliphatic carbocycles. The van der Waals surface area contributed by atoms with Crippen LogP contribution in [0.5, 0.6) is 11.5 Å². The second-order valence-electron chi connectivity index (χ2n) is 9.24. The first-order valence-electron chi connectivity index (χ1n) is 12.4. The maximum atomic E-state index is 13.5. The molecule has 5 rings (SSSR count). The van der Waals surface area contributed by atoms with Crippen LogP contribution >= 0.6 is 11.3 Å². The molecule has 7 nitrogen and oxygen atoms in total. The second kappa shape index (κ2) is 10.3. The zero-order chi connectivity index (χ0) is 27.0. The molecule has 4 aromatic rings. The summed E-state index contributed by atoms with van der Waals surface area (Å²) in [5, 5.41) is 11.8. The number of methoxy groups -OCH3 is 1. The topological polar surface area (TPSA) is 89.0 Å². The molecular weight excluding hydrogens is 500 g/mol. The Labute approximate surface area is 225 Å². The SMILES string of the molecule is CCCOc1ccc(C2C(=C(O)c3ccc(OC)cc3)C(=O)C(=O)N2c2nc3c(C)cc(C)cc3s2)cc1. The van der Waals surface area contributed by atoms with Crippen molar-refractivity contribution in [2.45, 2.75) is 33.2 Å². The van der Waals surface area contributed by atoms with E-state index in [4.69, 9.17) is 14.5 Å². The van der Waals surface area contributed by atoms with Gasteiger partial charge in [-0.25, -0.2) is 4.98 Å². The highest BCUT2D eigenvalue weighted by atomic mass is 32.1. The van der Waals surface area contributed by atoms with E-state index >= 15 is 0 Å². The third kappa shape index (κ3) is 4.52. The smallest absolute Gasteiger partial charge is 0.301 e. The number of rotatable bonds is 7. The lowest BCUT2D eigenvalue weighted by molar-refractivity contribution is -0.132. The third-order valence-electron chi connectivity index (χ3n) is 6.50. The van der Waals surface area contributed by atoms with Gasteiger partial charge in [-0.15, -0.1) is 0 Å². The molecule has 3 aromatic carbocycles. The van der Waals surface area contributed by atoms with Crippen molar-refractivity contribution in [3.63, 3.8) is 0 Å². The number of carbonyl (C=O) groups is 2. The quantitative estimate of drug-likeness (QED) is 0.171. The number of amides is 1. The number of carbonyl (C=O) groups excluding carboxylic acids is 2. The summed E-state index contributed by atoms with van der Waals surface area (Å²) in [5.41, 5.74) is 3.95. The molecular formula is C30H28N2O5S. The van der Waals surface area contributed by atoms with E-state index in [-0.39, 0.29) is 11.3 Å². The molecule has 2 heterocycles. The molecule has 8 heteroatoms. The third-order valence-corrected chi connectivity index (χ3v) is 7.50. The van der Waals surface area contributed by atoms with Gasteiger partial charge in [0.25, 0.3) is 5.78 Å². The van der Waals surface area contributed by atoms with Crippen molar-refractivity contribution < 1.29 is 24.2 Å². The van der Waals surface area contributed by atoms with E-state index in [1.807, 2.05) is 57.2 Å². The standard InChI is InChI=1S/C30H28N2O5S/c1-5-14-37-22-12-6-19(7-13-22)26-24(27(33)20-8-10-21(36-4)11-9-20)28(34)29(35)32(26)30-31-25-18(3)15-17(2)16-23(25)38-30/h6-13,15-16,26,33H,5,14H2,1-4H3. The van der Waals surface area contributed by atoms with Gasteiger partial charge in [-0.3, -0.25) is 14.5 Å². The van der Waals surface area contributed by atoms with Crippen molar-refractivity contribution in [1.29, 1.82) is 0 Å². The molecule has 1 atom stereocenters. The molecule has 1 aliphatic heterocycles. The Morgan fingerprint density at radius 2 is 1.71 bits per heavy atom. The van der Waals surface area contributed by atoms with Crippen LogP contribution in [-0.4, -0.2) is 35.5 Å². The molecule has 1 fully saturated rings. The number of ketones is 1. The molecule has 1 aromatic heterocycles. The Bertz CT molecular complexity index is 1550. The first-order valence-corrected chi connectivity index (χ1v) is 13.2. The minimum Gasteiger partial charge on any atom is -0.507 e. The molecule has 1 saturated heterocycles. The van der Waals surface area contributed by atoms with E-state index in [1.54, 1.807) is 31.4 Å². The van der Waals surface area contributed by atoms with Crippen molar-refractivity contribution >= 4 is 44.1 Å². The van der Waals surface area contributed by atoms with Gasteiger partial charge >= 0.3 is 5.91 Å². The van der Waals surface area contributed by atoms with E-state index in [0.717, 1.165) is 27.8 Å². The average Bonchev–Trinajstić information content (AvgIpc) is 3.46. The fourth-order valence-electron chi connectivity index (χ4n) is 4.68. The fourth-order valence-corrected chi connectivity index (χ4v) is 5.85. The van der Waals surface area contributed by atoms with Gasteiger partial charge in [0, 0.05) is 5.56 Å². The van der Waals surface area contributed by atoms with Crippen LogP contribution in [0.2, 0.25) is 0 Å². The number of Topliss-reactive ketones (excluding diaryl/α,β-unsaturated/α-hetero) is 1. The van der Waals surface area contributed by atoms with Gasteiger partial charge in [-0.1, -0.05) is 36.5 Å². The van der Waals surface area contributed by atoms with Gasteiger partial charge in [-0.2, -0.15) is 0 Å². The van der Waals surface area contributed by atoms with E-state index < -0.39 is 17.7 Å². The first-order chi connectivity index (χ1) is 18.3. The summed E-state index contributed by atoms with van der Waals surface area (Å²) >= 11 is 1.35. The molecule has 38 heavy (non-hydrogen) atoms. The summed E-state index contributed by atoms with van der Waals surface area (Å²) in [6.45, 7) is 6.60. The number of fused-ring (bicyclic) bond motifs is 1.